The highest BCUT2D eigenvalue weighted by Crippen LogP contribution is 2.26. The summed E-state index contributed by atoms with van der Waals surface area (Å²) >= 11 is 0. The molecule has 1 saturated carbocycles. The number of ether oxygens (including phenoxy) is 1. The molecule has 1 unspecified atom stereocenters. The van der Waals surface area contributed by atoms with Gasteiger partial charge in [-0.05, 0) is 54.5 Å². The van der Waals surface area contributed by atoms with Crippen LogP contribution in [0.2, 0.25) is 0 Å². The topological polar surface area (TPSA) is 78.9 Å². The van der Waals surface area contributed by atoms with Crippen LogP contribution in [0.15, 0.2) is 48.5 Å². The van der Waals surface area contributed by atoms with Gasteiger partial charge in [-0.25, -0.2) is 9.59 Å². The zero-order valence-corrected chi connectivity index (χ0v) is 18.3. The molecular formula is C25H32N2O4. The zero-order valence-electron chi connectivity index (χ0n) is 18.3. The van der Waals surface area contributed by atoms with Gasteiger partial charge in [-0.2, -0.15) is 0 Å². The Hall–Kier alpha value is -2.86. The number of carbonyl (C=O) groups excluding carboxylic acids is 1. The predicted octanol–water partition coefficient (Wildman–Crippen LogP) is 4.72. The van der Waals surface area contributed by atoms with Crippen LogP contribution >= 0.6 is 0 Å². The number of rotatable bonds is 9. The summed E-state index contributed by atoms with van der Waals surface area (Å²) < 4.78 is 5.30. The van der Waals surface area contributed by atoms with Crippen LogP contribution < -0.4 is 10.2 Å². The highest BCUT2D eigenvalue weighted by atomic mass is 16.5. The second-order valence-corrected chi connectivity index (χ2v) is 8.13. The quantitative estimate of drug-likeness (QED) is 0.610. The first-order chi connectivity index (χ1) is 15.0. The molecule has 0 heterocycles. The van der Waals surface area contributed by atoms with E-state index in [1.807, 2.05) is 48.5 Å². The lowest BCUT2D eigenvalue weighted by atomic mass is 10.0. The number of anilines is 1. The van der Waals surface area contributed by atoms with Crippen molar-refractivity contribution in [3.05, 3.63) is 54.1 Å². The molecule has 1 aliphatic carbocycles. The Labute approximate surface area is 184 Å². The minimum absolute atomic E-state index is 0.0879. The third-order valence-corrected chi connectivity index (χ3v) is 5.91. The second kappa shape index (κ2) is 11.0. The number of nitrogens with one attached hydrogen (secondary N) is 1. The van der Waals surface area contributed by atoms with Gasteiger partial charge < -0.3 is 15.2 Å². The maximum absolute atomic E-state index is 12.6. The first-order valence-electron chi connectivity index (χ1n) is 11.0. The van der Waals surface area contributed by atoms with E-state index >= 15 is 0 Å². The summed E-state index contributed by atoms with van der Waals surface area (Å²) in [5.41, 5.74) is 3.74. The van der Waals surface area contributed by atoms with Gasteiger partial charge in [0, 0.05) is 32.3 Å². The number of benzene rings is 2. The van der Waals surface area contributed by atoms with Gasteiger partial charge in [-0.3, -0.25) is 4.90 Å². The average Bonchev–Trinajstić information content (AvgIpc) is 3.31. The molecule has 31 heavy (non-hydrogen) atoms. The molecule has 0 radical (unpaired) electrons. The molecule has 0 spiro atoms. The van der Waals surface area contributed by atoms with E-state index in [-0.39, 0.29) is 6.03 Å². The van der Waals surface area contributed by atoms with Gasteiger partial charge in [0.2, 0.25) is 0 Å². The number of aliphatic carboxylic acids is 1. The van der Waals surface area contributed by atoms with Crippen molar-refractivity contribution in [3.8, 4) is 11.1 Å². The van der Waals surface area contributed by atoms with Crippen molar-refractivity contribution in [2.45, 2.75) is 45.1 Å². The molecule has 2 aromatic carbocycles. The van der Waals surface area contributed by atoms with Crippen LogP contribution in [0.4, 0.5) is 10.5 Å². The van der Waals surface area contributed by atoms with E-state index in [4.69, 9.17) is 4.74 Å². The molecule has 0 aliphatic heterocycles. The molecule has 6 heteroatoms. The van der Waals surface area contributed by atoms with Crippen LogP contribution in [0.3, 0.4) is 0 Å². The fraction of sp³-hybridized carbons (Fsp3) is 0.440. The molecule has 6 nitrogen and oxygen atoms in total. The van der Waals surface area contributed by atoms with E-state index in [0.29, 0.717) is 18.9 Å². The van der Waals surface area contributed by atoms with Gasteiger partial charge >= 0.3 is 12.0 Å². The Bertz CT molecular complexity index is 875. The Morgan fingerprint density at radius 2 is 1.84 bits per heavy atom. The van der Waals surface area contributed by atoms with E-state index in [9.17, 15) is 14.7 Å². The lowest BCUT2D eigenvalue weighted by Crippen LogP contribution is -2.39. The molecule has 1 aliphatic rings. The predicted molar refractivity (Wildman–Crippen MR) is 122 cm³/mol. The maximum atomic E-state index is 12.6. The van der Waals surface area contributed by atoms with E-state index in [0.717, 1.165) is 28.9 Å². The zero-order chi connectivity index (χ0) is 22.2. The van der Waals surface area contributed by atoms with Crippen LogP contribution in [-0.2, 0) is 16.0 Å². The van der Waals surface area contributed by atoms with Crippen LogP contribution in [0, 0.1) is 5.92 Å². The summed E-state index contributed by atoms with van der Waals surface area (Å²) in [5, 5.41) is 12.3. The third-order valence-electron chi connectivity index (χ3n) is 5.91. The lowest BCUT2D eigenvalue weighted by molar-refractivity contribution is -0.149. The van der Waals surface area contributed by atoms with E-state index < -0.39 is 12.1 Å². The Morgan fingerprint density at radius 3 is 2.48 bits per heavy atom. The molecule has 166 valence electrons. The molecule has 0 saturated heterocycles. The maximum Gasteiger partial charge on any atom is 0.333 e. The number of amides is 2. The van der Waals surface area contributed by atoms with Crippen LogP contribution in [0.5, 0.6) is 0 Å². The molecule has 1 fully saturated rings. The molecule has 0 bridgehead atoms. The van der Waals surface area contributed by atoms with Crippen LogP contribution in [0.25, 0.3) is 11.1 Å². The van der Waals surface area contributed by atoms with Crippen LogP contribution in [0.1, 0.15) is 38.2 Å². The first kappa shape index (κ1) is 22.8. The van der Waals surface area contributed by atoms with Gasteiger partial charge in [0.25, 0.3) is 0 Å². The molecule has 0 aromatic heterocycles. The van der Waals surface area contributed by atoms with Crippen molar-refractivity contribution in [1.29, 1.82) is 0 Å². The number of nitrogens with zero attached hydrogens (tertiary/aromatic N) is 1. The molecule has 2 N–H and O–H groups in total. The number of urea groups is 1. The van der Waals surface area contributed by atoms with Gasteiger partial charge in [0.1, 0.15) is 0 Å². The summed E-state index contributed by atoms with van der Waals surface area (Å²) in [7, 11) is 1.78. The molecule has 1 atom stereocenters. The Morgan fingerprint density at radius 1 is 1.13 bits per heavy atom. The summed E-state index contributed by atoms with van der Waals surface area (Å²) in [6, 6.07) is 15.6. The molecule has 2 amide bonds. The monoisotopic (exact) mass is 424 g/mol. The SMILES string of the molecule is CCOC(Cc1ccc(-c2cccc(N(C)C(=O)NCC3CCCC3)c2)cc1)C(=O)O. The van der Waals surface area contributed by atoms with Crippen molar-refractivity contribution < 1.29 is 19.4 Å². The summed E-state index contributed by atoms with van der Waals surface area (Å²) in [5.74, 6) is -0.349. The van der Waals surface area contributed by atoms with Gasteiger partial charge in [0.05, 0.1) is 0 Å². The largest absolute Gasteiger partial charge is 0.479 e. The smallest absolute Gasteiger partial charge is 0.333 e. The van der Waals surface area contributed by atoms with Gasteiger partial charge in [-0.1, -0.05) is 49.2 Å². The van der Waals surface area contributed by atoms with Crippen molar-refractivity contribution in [2.24, 2.45) is 5.92 Å². The average molecular weight is 425 g/mol. The van der Waals surface area contributed by atoms with Crippen LogP contribution in [-0.4, -0.2) is 43.4 Å². The number of carboxylic acids is 1. The number of carbonyl (C=O) groups is 2. The molecule has 2 aromatic rings. The minimum atomic E-state index is -0.951. The standard InChI is InChI=1S/C25H32N2O4/c1-3-31-23(24(28)29)15-18-11-13-20(14-12-18)21-9-6-10-22(16-21)27(2)25(30)26-17-19-7-4-5-8-19/h6,9-14,16,19,23H,3-5,7-8,15,17H2,1-2H3,(H,26,30)(H,28,29). The Balaban J connectivity index is 1.64. The summed E-state index contributed by atoms with van der Waals surface area (Å²) in [6.07, 6.45) is 4.42. The number of carboxylic acid groups (broad SMARTS) is 1. The van der Waals surface area contributed by atoms with Crippen molar-refractivity contribution in [1.82, 2.24) is 5.32 Å². The normalized spacial score (nSPS) is 14.9. The number of hydrogen-bond donors (Lipinski definition) is 2. The highest BCUT2D eigenvalue weighted by molar-refractivity contribution is 5.92. The van der Waals surface area contributed by atoms with Gasteiger partial charge in [0.15, 0.2) is 6.10 Å². The van der Waals surface area contributed by atoms with Crippen molar-refractivity contribution >= 4 is 17.7 Å². The van der Waals surface area contributed by atoms with E-state index in [1.54, 1.807) is 18.9 Å². The molecular weight excluding hydrogens is 392 g/mol. The Kier molecular flexibility index (Phi) is 8.06. The fourth-order valence-electron chi connectivity index (χ4n) is 4.04. The molecule has 3 rings (SSSR count). The third kappa shape index (κ3) is 6.31. The second-order valence-electron chi connectivity index (χ2n) is 8.13. The van der Waals surface area contributed by atoms with Gasteiger partial charge in [-0.15, -0.1) is 0 Å². The first-order valence-corrected chi connectivity index (χ1v) is 11.0. The lowest BCUT2D eigenvalue weighted by Gasteiger charge is -2.20. The highest BCUT2D eigenvalue weighted by Gasteiger charge is 2.19. The van der Waals surface area contributed by atoms with E-state index in [2.05, 4.69) is 5.32 Å². The summed E-state index contributed by atoms with van der Waals surface area (Å²) in [6.45, 7) is 2.89. The van der Waals surface area contributed by atoms with E-state index in [1.165, 1.54) is 25.7 Å². The summed E-state index contributed by atoms with van der Waals surface area (Å²) in [4.78, 5) is 25.5. The van der Waals surface area contributed by atoms with Crippen molar-refractivity contribution in [2.75, 3.05) is 25.1 Å². The minimum Gasteiger partial charge on any atom is -0.479 e. The number of hydrogen-bond acceptors (Lipinski definition) is 3. The fourth-order valence-corrected chi connectivity index (χ4v) is 4.04. The van der Waals surface area contributed by atoms with Crippen molar-refractivity contribution in [3.63, 3.8) is 0 Å².